The first-order valence-corrected chi connectivity index (χ1v) is 6.47. The first-order chi connectivity index (χ1) is 9.43. The quantitative estimate of drug-likeness (QED) is 0.681. The van der Waals surface area contributed by atoms with Gasteiger partial charge in [0.15, 0.2) is 5.82 Å². The van der Waals surface area contributed by atoms with E-state index in [2.05, 4.69) is 15.5 Å². The third kappa shape index (κ3) is 4.75. The number of rotatable bonds is 8. The average molecular weight is 282 g/mol. The number of nitrogens with zero attached hydrogens (tertiary/aromatic N) is 3. The molecule has 1 aromatic rings. The van der Waals surface area contributed by atoms with Crippen LogP contribution in [0.25, 0.3) is 0 Å². The van der Waals surface area contributed by atoms with Crippen molar-refractivity contribution in [3.8, 4) is 0 Å². The molecule has 7 heteroatoms. The standard InChI is InChI=1S/C13H22N4O3/c1-9-10(2)15-16-12(11(9)13(18)19)14-5-7-20-8-6-17(3)4/h5-8H2,1-4H3,(H,14,16)(H,18,19). The van der Waals surface area contributed by atoms with Crippen LogP contribution in [0.5, 0.6) is 0 Å². The normalized spacial score (nSPS) is 10.8. The maximum atomic E-state index is 11.3. The van der Waals surface area contributed by atoms with Crippen LogP contribution in [-0.2, 0) is 4.74 Å². The number of aryl methyl sites for hydroxylation is 1. The predicted octanol–water partition coefficient (Wildman–Crippen LogP) is 0.782. The second kappa shape index (κ2) is 7.76. The second-order valence-electron chi connectivity index (χ2n) is 4.78. The van der Waals surface area contributed by atoms with Crippen molar-refractivity contribution in [2.45, 2.75) is 13.8 Å². The smallest absolute Gasteiger partial charge is 0.339 e. The van der Waals surface area contributed by atoms with Crippen LogP contribution in [0.4, 0.5) is 5.82 Å². The Bertz CT molecular complexity index is 463. The number of hydrogen-bond donors (Lipinski definition) is 2. The van der Waals surface area contributed by atoms with Crippen molar-refractivity contribution in [1.29, 1.82) is 0 Å². The fourth-order valence-electron chi connectivity index (χ4n) is 1.58. The van der Waals surface area contributed by atoms with Crippen molar-refractivity contribution in [2.75, 3.05) is 45.7 Å². The molecule has 1 aromatic heterocycles. The molecule has 0 saturated carbocycles. The topological polar surface area (TPSA) is 87.6 Å². The molecule has 2 N–H and O–H groups in total. The van der Waals surface area contributed by atoms with Gasteiger partial charge in [-0.2, -0.15) is 5.10 Å². The largest absolute Gasteiger partial charge is 0.478 e. The minimum absolute atomic E-state index is 0.172. The van der Waals surface area contributed by atoms with Crippen molar-refractivity contribution in [3.05, 3.63) is 16.8 Å². The molecule has 0 bridgehead atoms. The van der Waals surface area contributed by atoms with Crippen molar-refractivity contribution in [3.63, 3.8) is 0 Å². The predicted molar refractivity (Wildman–Crippen MR) is 76.3 cm³/mol. The molecule has 0 unspecified atom stereocenters. The Morgan fingerprint density at radius 3 is 2.60 bits per heavy atom. The molecule has 1 heterocycles. The number of hydrogen-bond acceptors (Lipinski definition) is 6. The summed E-state index contributed by atoms with van der Waals surface area (Å²) < 4.78 is 5.42. The monoisotopic (exact) mass is 282 g/mol. The lowest BCUT2D eigenvalue weighted by Gasteiger charge is -2.12. The summed E-state index contributed by atoms with van der Waals surface area (Å²) in [6.45, 7) is 5.93. The highest BCUT2D eigenvalue weighted by Gasteiger charge is 2.17. The number of carboxylic acid groups (broad SMARTS) is 1. The molecule has 0 aliphatic carbocycles. The van der Waals surface area contributed by atoms with E-state index in [4.69, 9.17) is 4.74 Å². The van der Waals surface area contributed by atoms with Gasteiger partial charge in [-0.25, -0.2) is 4.79 Å². The number of ether oxygens (including phenoxy) is 1. The number of carbonyl (C=O) groups is 1. The van der Waals surface area contributed by atoms with Gasteiger partial charge in [-0.05, 0) is 33.5 Å². The highest BCUT2D eigenvalue weighted by atomic mass is 16.5. The van der Waals surface area contributed by atoms with Crippen LogP contribution < -0.4 is 5.32 Å². The van der Waals surface area contributed by atoms with Crippen molar-refractivity contribution < 1.29 is 14.6 Å². The van der Waals surface area contributed by atoms with E-state index in [-0.39, 0.29) is 11.4 Å². The van der Waals surface area contributed by atoms with Crippen LogP contribution in [-0.4, -0.2) is 66.6 Å². The third-order valence-corrected chi connectivity index (χ3v) is 2.89. The number of aromatic nitrogens is 2. The Hall–Kier alpha value is -1.73. The van der Waals surface area contributed by atoms with Crippen LogP contribution in [0.3, 0.4) is 0 Å². The van der Waals surface area contributed by atoms with Gasteiger partial charge in [0, 0.05) is 13.1 Å². The number of likely N-dealkylation sites (N-methyl/N-ethyl adjacent to an activating group) is 1. The first kappa shape index (κ1) is 16.3. The summed E-state index contributed by atoms with van der Waals surface area (Å²) in [6, 6.07) is 0. The zero-order chi connectivity index (χ0) is 15.1. The number of nitrogens with one attached hydrogen (secondary N) is 1. The summed E-state index contributed by atoms with van der Waals surface area (Å²) in [5.74, 6) is -0.715. The summed E-state index contributed by atoms with van der Waals surface area (Å²) in [4.78, 5) is 13.3. The Morgan fingerprint density at radius 2 is 2.00 bits per heavy atom. The molecule has 0 fully saturated rings. The average Bonchev–Trinajstić information content (AvgIpc) is 2.36. The van der Waals surface area contributed by atoms with Crippen LogP contribution in [0.15, 0.2) is 0 Å². The van der Waals surface area contributed by atoms with Gasteiger partial charge in [0.25, 0.3) is 0 Å². The summed E-state index contributed by atoms with van der Waals surface area (Å²) in [5.41, 5.74) is 1.42. The number of anilines is 1. The van der Waals surface area contributed by atoms with Gasteiger partial charge in [-0.1, -0.05) is 0 Å². The molecular weight excluding hydrogens is 260 g/mol. The highest BCUT2D eigenvalue weighted by molar-refractivity contribution is 5.94. The summed E-state index contributed by atoms with van der Waals surface area (Å²) >= 11 is 0. The summed E-state index contributed by atoms with van der Waals surface area (Å²) in [6.07, 6.45) is 0. The van der Waals surface area contributed by atoms with E-state index < -0.39 is 5.97 Å². The van der Waals surface area contributed by atoms with E-state index in [1.807, 2.05) is 19.0 Å². The molecule has 0 spiro atoms. The van der Waals surface area contributed by atoms with Gasteiger partial charge in [0.2, 0.25) is 0 Å². The molecular formula is C13H22N4O3. The molecule has 20 heavy (non-hydrogen) atoms. The van der Waals surface area contributed by atoms with Crippen LogP contribution in [0.2, 0.25) is 0 Å². The van der Waals surface area contributed by atoms with E-state index >= 15 is 0 Å². The van der Waals surface area contributed by atoms with Crippen LogP contribution in [0, 0.1) is 13.8 Å². The van der Waals surface area contributed by atoms with Gasteiger partial charge in [0.05, 0.1) is 18.9 Å². The maximum absolute atomic E-state index is 11.3. The lowest BCUT2D eigenvalue weighted by atomic mass is 10.1. The molecule has 7 nitrogen and oxygen atoms in total. The van der Waals surface area contributed by atoms with Gasteiger partial charge in [0.1, 0.15) is 5.56 Å². The van der Waals surface area contributed by atoms with Gasteiger partial charge in [-0.3, -0.25) is 0 Å². The Morgan fingerprint density at radius 1 is 1.30 bits per heavy atom. The fourth-order valence-corrected chi connectivity index (χ4v) is 1.58. The highest BCUT2D eigenvalue weighted by Crippen LogP contribution is 2.17. The molecule has 0 aromatic carbocycles. The van der Waals surface area contributed by atoms with Crippen LogP contribution >= 0.6 is 0 Å². The van der Waals surface area contributed by atoms with E-state index in [1.165, 1.54) is 0 Å². The molecule has 0 atom stereocenters. The summed E-state index contributed by atoms with van der Waals surface area (Å²) in [7, 11) is 3.96. The lowest BCUT2D eigenvalue weighted by molar-refractivity contribution is 0.0696. The van der Waals surface area contributed by atoms with E-state index in [0.717, 1.165) is 6.54 Å². The van der Waals surface area contributed by atoms with Crippen molar-refractivity contribution in [2.24, 2.45) is 0 Å². The summed E-state index contributed by atoms with van der Waals surface area (Å²) in [5, 5.41) is 20.0. The van der Waals surface area contributed by atoms with Gasteiger partial charge >= 0.3 is 5.97 Å². The number of carboxylic acids is 1. The molecule has 0 saturated heterocycles. The maximum Gasteiger partial charge on any atom is 0.339 e. The Labute approximate surface area is 119 Å². The second-order valence-corrected chi connectivity index (χ2v) is 4.78. The third-order valence-electron chi connectivity index (χ3n) is 2.89. The molecule has 0 aliphatic heterocycles. The minimum Gasteiger partial charge on any atom is -0.478 e. The lowest BCUT2D eigenvalue weighted by Crippen LogP contribution is -2.21. The number of aromatic carboxylic acids is 1. The molecule has 112 valence electrons. The van der Waals surface area contributed by atoms with Gasteiger partial charge in [-0.15, -0.1) is 5.10 Å². The minimum atomic E-state index is -1.00. The van der Waals surface area contributed by atoms with Crippen molar-refractivity contribution >= 4 is 11.8 Å². The Kier molecular flexibility index (Phi) is 6.33. The SMILES string of the molecule is Cc1nnc(NCCOCCN(C)C)c(C(=O)O)c1C. The van der Waals surface area contributed by atoms with E-state index in [9.17, 15) is 9.90 Å². The van der Waals surface area contributed by atoms with Crippen LogP contribution in [0.1, 0.15) is 21.6 Å². The first-order valence-electron chi connectivity index (χ1n) is 6.47. The molecule has 0 amide bonds. The van der Waals surface area contributed by atoms with Gasteiger partial charge < -0.3 is 20.1 Å². The molecule has 0 radical (unpaired) electrons. The Balaban J connectivity index is 2.52. The van der Waals surface area contributed by atoms with E-state index in [0.29, 0.717) is 31.0 Å². The zero-order valence-electron chi connectivity index (χ0n) is 12.4. The van der Waals surface area contributed by atoms with E-state index in [1.54, 1.807) is 13.8 Å². The molecule has 0 aliphatic rings. The van der Waals surface area contributed by atoms with Crippen molar-refractivity contribution in [1.82, 2.24) is 15.1 Å². The fraction of sp³-hybridized carbons (Fsp3) is 0.615. The molecule has 1 rings (SSSR count). The zero-order valence-corrected chi connectivity index (χ0v) is 12.4.